The molecule has 1 aliphatic heterocycles. The van der Waals surface area contributed by atoms with Gasteiger partial charge < -0.3 is 4.74 Å². The van der Waals surface area contributed by atoms with Crippen LogP contribution in [0.4, 0.5) is 0 Å². The van der Waals surface area contributed by atoms with Crippen LogP contribution in [-0.2, 0) is 26.5 Å². The van der Waals surface area contributed by atoms with Crippen LogP contribution in [0.1, 0.15) is 12.8 Å². The maximum absolute atomic E-state index is 4.94. The van der Waals surface area contributed by atoms with Crippen LogP contribution >= 0.6 is 0 Å². The molecule has 0 N–H and O–H groups in total. The largest absolute Gasteiger partial charge is 0.381 e. The van der Waals surface area contributed by atoms with E-state index in [1.807, 2.05) is 0 Å². The molecule has 0 aromatic rings. The summed E-state index contributed by atoms with van der Waals surface area (Å²) < 4.78 is 4.94. The first-order valence-corrected chi connectivity index (χ1v) is 2.08. The maximum atomic E-state index is 4.94. The topological polar surface area (TPSA) is 9.23 Å². The molecule has 0 atom stereocenters. The third-order valence-corrected chi connectivity index (χ3v) is 0.827. The summed E-state index contributed by atoms with van der Waals surface area (Å²) in [7, 11) is 0. The average molecular weight is 120 g/mol. The SMILES string of the molecule is C1CCOC1.[Ti]. The summed E-state index contributed by atoms with van der Waals surface area (Å²) >= 11 is 0. The molecule has 1 saturated heterocycles. The molecule has 1 rings (SSSR count). The first kappa shape index (κ1) is 6.67. The zero-order valence-corrected chi connectivity index (χ0v) is 5.30. The van der Waals surface area contributed by atoms with Crippen molar-refractivity contribution in [1.82, 2.24) is 0 Å². The van der Waals surface area contributed by atoms with Crippen molar-refractivity contribution >= 4 is 0 Å². The van der Waals surface area contributed by atoms with Crippen LogP contribution in [0.5, 0.6) is 0 Å². The summed E-state index contributed by atoms with van der Waals surface area (Å²) in [5.74, 6) is 0. The number of hydrogen-bond acceptors (Lipinski definition) is 1. The molecule has 0 amide bonds. The molecule has 0 aliphatic carbocycles. The molecule has 1 nitrogen and oxygen atoms in total. The molecule has 1 aliphatic rings. The van der Waals surface area contributed by atoms with E-state index in [2.05, 4.69) is 0 Å². The van der Waals surface area contributed by atoms with Crippen molar-refractivity contribution in [2.75, 3.05) is 13.2 Å². The van der Waals surface area contributed by atoms with E-state index in [1.54, 1.807) is 0 Å². The van der Waals surface area contributed by atoms with E-state index in [4.69, 9.17) is 4.74 Å². The number of hydrogen-bond donors (Lipinski definition) is 0. The molecule has 1 fully saturated rings. The fourth-order valence-corrected chi connectivity index (χ4v) is 0.510. The zero-order chi connectivity index (χ0) is 3.54. The van der Waals surface area contributed by atoms with Crippen molar-refractivity contribution in [3.63, 3.8) is 0 Å². The van der Waals surface area contributed by atoms with Crippen molar-refractivity contribution in [3.8, 4) is 0 Å². The standard InChI is InChI=1S/C4H8O.Ti/c1-2-4-5-3-1;/h1-4H2;. The molecule has 2 heteroatoms. The number of ether oxygens (including phenoxy) is 1. The normalized spacial score (nSPS) is 20.0. The minimum Gasteiger partial charge on any atom is -0.381 e. The molecule has 6 heavy (non-hydrogen) atoms. The monoisotopic (exact) mass is 120 g/mol. The van der Waals surface area contributed by atoms with E-state index in [1.165, 1.54) is 12.8 Å². The minimum atomic E-state index is 0. The third kappa shape index (κ3) is 1.96. The van der Waals surface area contributed by atoms with Crippen LogP contribution in [0.25, 0.3) is 0 Å². The Morgan fingerprint density at radius 1 is 1.00 bits per heavy atom. The van der Waals surface area contributed by atoms with Crippen molar-refractivity contribution in [1.29, 1.82) is 0 Å². The second-order valence-electron chi connectivity index (χ2n) is 1.32. The molecule has 0 spiro atoms. The summed E-state index contributed by atoms with van der Waals surface area (Å²) in [6.45, 7) is 2.00. The first-order valence-electron chi connectivity index (χ1n) is 2.08. The average Bonchev–Trinajstić information content (AvgIpc) is 1.76. The fourth-order valence-electron chi connectivity index (χ4n) is 0.510. The minimum absolute atomic E-state index is 0. The van der Waals surface area contributed by atoms with Crippen LogP contribution in [0.3, 0.4) is 0 Å². The van der Waals surface area contributed by atoms with Gasteiger partial charge in [0.15, 0.2) is 0 Å². The molecule has 0 radical (unpaired) electrons. The van der Waals surface area contributed by atoms with E-state index in [9.17, 15) is 0 Å². The Bertz CT molecular complexity index is 19.1. The summed E-state index contributed by atoms with van der Waals surface area (Å²) in [6.07, 6.45) is 2.56. The van der Waals surface area contributed by atoms with Gasteiger partial charge in [-0.2, -0.15) is 0 Å². The fraction of sp³-hybridized carbons (Fsp3) is 1.00. The molecule has 0 unspecified atom stereocenters. The molecule has 1 heterocycles. The van der Waals surface area contributed by atoms with E-state index < -0.39 is 0 Å². The molecule has 34 valence electrons. The van der Waals surface area contributed by atoms with Crippen LogP contribution in [0, 0.1) is 0 Å². The Balaban J connectivity index is 0.000000250. The van der Waals surface area contributed by atoms with Crippen LogP contribution in [-0.4, -0.2) is 13.2 Å². The van der Waals surface area contributed by atoms with Gasteiger partial charge in [-0.05, 0) is 12.8 Å². The summed E-state index contributed by atoms with van der Waals surface area (Å²) in [5.41, 5.74) is 0. The van der Waals surface area contributed by atoms with Gasteiger partial charge in [0.1, 0.15) is 0 Å². The van der Waals surface area contributed by atoms with Gasteiger partial charge in [-0.1, -0.05) is 0 Å². The van der Waals surface area contributed by atoms with E-state index in [-0.39, 0.29) is 21.7 Å². The van der Waals surface area contributed by atoms with Crippen LogP contribution in [0.15, 0.2) is 0 Å². The van der Waals surface area contributed by atoms with Crippen LogP contribution in [0.2, 0.25) is 0 Å². The maximum Gasteiger partial charge on any atom is 0.0466 e. The molecule has 0 bridgehead atoms. The van der Waals surface area contributed by atoms with Crippen molar-refractivity contribution < 1.29 is 26.5 Å². The van der Waals surface area contributed by atoms with Crippen molar-refractivity contribution in [2.45, 2.75) is 12.8 Å². The first-order chi connectivity index (χ1) is 2.50. The van der Waals surface area contributed by atoms with Gasteiger partial charge in [-0.15, -0.1) is 0 Å². The van der Waals surface area contributed by atoms with Gasteiger partial charge >= 0.3 is 0 Å². The van der Waals surface area contributed by atoms with Gasteiger partial charge in [-0.3, -0.25) is 0 Å². The quantitative estimate of drug-likeness (QED) is 0.429. The molecule has 0 aromatic carbocycles. The summed E-state index contributed by atoms with van der Waals surface area (Å²) in [5, 5.41) is 0. The number of rotatable bonds is 0. The van der Waals surface area contributed by atoms with E-state index in [0.717, 1.165) is 13.2 Å². The Labute approximate surface area is 52.9 Å². The zero-order valence-electron chi connectivity index (χ0n) is 3.74. The van der Waals surface area contributed by atoms with Gasteiger partial charge in [0.05, 0.1) is 0 Å². The molecular formula is C4H8OTi. The second kappa shape index (κ2) is 3.85. The summed E-state index contributed by atoms with van der Waals surface area (Å²) in [4.78, 5) is 0. The van der Waals surface area contributed by atoms with E-state index >= 15 is 0 Å². The molecule has 0 saturated carbocycles. The van der Waals surface area contributed by atoms with Gasteiger partial charge in [0, 0.05) is 34.9 Å². The summed E-state index contributed by atoms with van der Waals surface area (Å²) in [6, 6.07) is 0. The van der Waals surface area contributed by atoms with Gasteiger partial charge in [0.2, 0.25) is 0 Å². The van der Waals surface area contributed by atoms with Crippen LogP contribution < -0.4 is 0 Å². The molecular weight excluding hydrogens is 112 g/mol. The molecule has 0 aromatic heterocycles. The Morgan fingerprint density at radius 2 is 1.50 bits per heavy atom. The predicted octanol–water partition coefficient (Wildman–Crippen LogP) is 0.794. The second-order valence-corrected chi connectivity index (χ2v) is 1.32. The third-order valence-electron chi connectivity index (χ3n) is 0.827. The van der Waals surface area contributed by atoms with Crippen molar-refractivity contribution in [2.24, 2.45) is 0 Å². The van der Waals surface area contributed by atoms with Gasteiger partial charge in [-0.25, -0.2) is 0 Å². The van der Waals surface area contributed by atoms with Crippen molar-refractivity contribution in [3.05, 3.63) is 0 Å². The van der Waals surface area contributed by atoms with E-state index in [0.29, 0.717) is 0 Å². The smallest absolute Gasteiger partial charge is 0.0466 e. The Hall–Kier alpha value is 0.674. The Kier molecular flexibility index (Phi) is 4.28. The Morgan fingerprint density at radius 3 is 1.67 bits per heavy atom. The predicted molar refractivity (Wildman–Crippen MR) is 20.1 cm³/mol. The van der Waals surface area contributed by atoms with Gasteiger partial charge in [0.25, 0.3) is 0 Å².